The summed E-state index contributed by atoms with van der Waals surface area (Å²) < 4.78 is 11.8. The van der Waals surface area contributed by atoms with Gasteiger partial charge in [-0.15, -0.1) is 0 Å². The van der Waals surface area contributed by atoms with Crippen LogP contribution in [0.5, 0.6) is 0 Å². The first-order valence-electron chi connectivity index (χ1n) is 14.9. The van der Waals surface area contributed by atoms with E-state index < -0.39 is 18.0 Å². The van der Waals surface area contributed by atoms with Crippen molar-refractivity contribution >= 4 is 46.4 Å². The highest BCUT2D eigenvalue weighted by atomic mass is 16.5. The number of unbranched alkanes of at least 4 members (excludes halogenated alkanes) is 3. The minimum atomic E-state index is -0.754. The van der Waals surface area contributed by atoms with Crippen molar-refractivity contribution in [3.05, 3.63) is 83.8 Å². The van der Waals surface area contributed by atoms with E-state index in [0.717, 1.165) is 42.7 Å². The summed E-state index contributed by atoms with van der Waals surface area (Å²) in [5, 5.41) is 5.54. The fourth-order valence-corrected chi connectivity index (χ4v) is 4.65. The number of aromatic nitrogens is 3. The van der Waals surface area contributed by atoms with Crippen LogP contribution in [-0.4, -0.2) is 58.7 Å². The molecule has 0 unspecified atom stereocenters. The molecule has 0 saturated carbocycles. The van der Waals surface area contributed by atoms with Gasteiger partial charge in [-0.1, -0.05) is 32.3 Å². The second-order valence-electron chi connectivity index (χ2n) is 10.3. The zero-order chi connectivity index (χ0) is 32.2. The normalized spacial score (nSPS) is 10.7. The maximum absolute atomic E-state index is 13.5. The summed E-state index contributed by atoms with van der Waals surface area (Å²) in [5.41, 5.74) is 2.97. The molecule has 0 bridgehead atoms. The largest absolute Gasteiger partial charge is 0.469 e. The van der Waals surface area contributed by atoms with Gasteiger partial charge in [-0.2, -0.15) is 0 Å². The summed E-state index contributed by atoms with van der Waals surface area (Å²) in [6.45, 7) is 2.87. The molecule has 0 spiro atoms. The second kappa shape index (κ2) is 16.0. The van der Waals surface area contributed by atoms with Crippen molar-refractivity contribution in [1.29, 1.82) is 0 Å². The lowest BCUT2D eigenvalue weighted by Crippen LogP contribution is -2.33. The van der Waals surface area contributed by atoms with Gasteiger partial charge < -0.3 is 19.4 Å². The molecule has 3 amide bonds. The van der Waals surface area contributed by atoms with E-state index >= 15 is 0 Å². The molecule has 0 aliphatic rings. The van der Waals surface area contributed by atoms with E-state index in [0.29, 0.717) is 29.0 Å². The van der Waals surface area contributed by atoms with Gasteiger partial charge in [0.25, 0.3) is 11.8 Å². The van der Waals surface area contributed by atoms with Gasteiger partial charge in [0.05, 0.1) is 37.7 Å². The molecule has 4 aromatic rings. The number of hydrogen-bond acceptors (Lipinski definition) is 9. The monoisotopic (exact) mass is 614 g/mol. The third-order valence-electron chi connectivity index (χ3n) is 7.20. The standard InChI is InChI=1S/C33H38N6O6/c1-4-5-6-9-20-45-33(43)37-31(41)23-11-14-25(15-12-23)35-22-29-36-26-21-24(13-16-27(26)38(29)2)32(42)39(19-17-30(40)44-3)28-10-7-8-18-34-28/h7-8,10-16,18,21,35H,4-6,9,17,19-20,22H2,1-3H3,(H,37,41,43). The van der Waals surface area contributed by atoms with Crippen LogP contribution in [0.25, 0.3) is 11.0 Å². The summed E-state index contributed by atoms with van der Waals surface area (Å²) in [6.07, 6.45) is 4.77. The van der Waals surface area contributed by atoms with Gasteiger partial charge >= 0.3 is 12.1 Å². The van der Waals surface area contributed by atoms with Gasteiger partial charge in [0.1, 0.15) is 11.6 Å². The Labute approximate surface area is 261 Å². The number of imidazole rings is 1. The lowest BCUT2D eigenvalue weighted by Gasteiger charge is -2.21. The Morgan fingerprint density at radius 1 is 0.956 bits per heavy atom. The van der Waals surface area contributed by atoms with Crippen LogP contribution >= 0.6 is 0 Å². The van der Waals surface area contributed by atoms with Crippen LogP contribution < -0.4 is 15.5 Å². The Balaban J connectivity index is 1.38. The summed E-state index contributed by atoms with van der Waals surface area (Å²) in [4.78, 5) is 60.1. The van der Waals surface area contributed by atoms with Crippen molar-refractivity contribution in [3.63, 3.8) is 0 Å². The molecule has 0 atom stereocenters. The van der Waals surface area contributed by atoms with E-state index in [2.05, 4.69) is 22.5 Å². The Kier molecular flexibility index (Phi) is 11.6. The highest BCUT2D eigenvalue weighted by Gasteiger charge is 2.21. The molecule has 0 fully saturated rings. The second-order valence-corrected chi connectivity index (χ2v) is 10.3. The van der Waals surface area contributed by atoms with Crippen molar-refractivity contribution in [1.82, 2.24) is 19.9 Å². The third-order valence-corrected chi connectivity index (χ3v) is 7.20. The van der Waals surface area contributed by atoms with E-state index in [-0.39, 0.29) is 25.5 Å². The van der Waals surface area contributed by atoms with Crippen molar-refractivity contribution in [2.75, 3.05) is 30.5 Å². The topological polar surface area (TPSA) is 145 Å². The molecule has 0 aliphatic heterocycles. The maximum atomic E-state index is 13.5. The first-order valence-corrected chi connectivity index (χ1v) is 14.9. The number of carbonyl (C=O) groups excluding carboxylic acids is 4. The zero-order valence-electron chi connectivity index (χ0n) is 25.7. The number of esters is 1. The number of hydrogen-bond donors (Lipinski definition) is 2. The number of pyridine rings is 1. The Hall–Kier alpha value is -5.26. The van der Waals surface area contributed by atoms with E-state index in [1.165, 1.54) is 12.0 Å². The lowest BCUT2D eigenvalue weighted by atomic mass is 10.1. The van der Waals surface area contributed by atoms with E-state index in [9.17, 15) is 19.2 Å². The number of alkyl carbamates (subject to hydrolysis) is 1. The fraction of sp³-hybridized carbons (Fsp3) is 0.333. The zero-order valence-corrected chi connectivity index (χ0v) is 25.7. The van der Waals surface area contributed by atoms with Crippen molar-refractivity contribution < 1.29 is 28.7 Å². The molecule has 12 nitrogen and oxygen atoms in total. The quantitative estimate of drug-likeness (QED) is 0.144. The van der Waals surface area contributed by atoms with Crippen LogP contribution in [0.2, 0.25) is 0 Å². The van der Waals surface area contributed by atoms with Gasteiger partial charge in [-0.3, -0.25) is 24.6 Å². The molecule has 0 saturated heterocycles. The highest BCUT2D eigenvalue weighted by Crippen LogP contribution is 2.21. The Morgan fingerprint density at radius 2 is 1.73 bits per heavy atom. The number of anilines is 2. The molecular weight excluding hydrogens is 576 g/mol. The number of aryl methyl sites for hydroxylation is 1. The molecule has 0 radical (unpaired) electrons. The van der Waals surface area contributed by atoms with Gasteiger partial charge in [0.2, 0.25) is 0 Å². The molecular formula is C33H38N6O6. The number of methoxy groups -OCH3 is 1. The summed E-state index contributed by atoms with van der Waals surface area (Å²) in [7, 11) is 3.20. The van der Waals surface area contributed by atoms with Gasteiger partial charge in [-0.05, 0) is 61.0 Å². The Morgan fingerprint density at radius 3 is 2.44 bits per heavy atom. The number of rotatable bonds is 14. The first kappa shape index (κ1) is 32.6. The molecule has 2 aromatic heterocycles. The number of benzene rings is 2. The van der Waals surface area contributed by atoms with Crippen molar-refractivity contribution in [2.45, 2.75) is 45.6 Å². The van der Waals surface area contributed by atoms with Gasteiger partial charge in [0, 0.05) is 36.6 Å². The molecule has 2 aromatic carbocycles. The molecule has 2 N–H and O–H groups in total. The predicted molar refractivity (Wildman–Crippen MR) is 170 cm³/mol. The number of ether oxygens (including phenoxy) is 2. The number of nitrogens with zero attached hydrogens (tertiary/aromatic N) is 4. The molecule has 12 heteroatoms. The smallest absolute Gasteiger partial charge is 0.414 e. The van der Waals surface area contributed by atoms with Crippen LogP contribution in [0, 0.1) is 0 Å². The van der Waals surface area contributed by atoms with Crippen LogP contribution in [0.3, 0.4) is 0 Å². The van der Waals surface area contributed by atoms with Gasteiger partial charge in [-0.25, -0.2) is 14.8 Å². The van der Waals surface area contributed by atoms with Crippen molar-refractivity contribution in [2.24, 2.45) is 7.05 Å². The van der Waals surface area contributed by atoms with E-state index in [1.807, 2.05) is 17.7 Å². The van der Waals surface area contributed by atoms with Crippen LogP contribution in [0.4, 0.5) is 16.3 Å². The molecule has 45 heavy (non-hydrogen) atoms. The number of nitrogens with one attached hydrogen (secondary N) is 2. The third kappa shape index (κ3) is 8.88. The number of amides is 3. The molecule has 236 valence electrons. The van der Waals surface area contributed by atoms with Crippen LogP contribution in [0.1, 0.15) is 65.6 Å². The van der Waals surface area contributed by atoms with E-state index in [4.69, 9.17) is 14.5 Å². The first-order chi connectivity index (χ1) is 21.8. The van der Waals surface area contributed by atoms with Crippen LogP contribution in [0.15, 0.2) is 66.9 Å². The van der Waals surface area contributed by atoms with Crippen molar-refractivity contribution in [3.8, 4) is 0 Å². The van der Waals surface area contributed by atoms with Crippen LogP contribution in [-0.2, 0) is 27.9 Å². The predicted octanol–water partition coefficient (Wildman–Crippen LogP) is 5.24. The van der Waals surface area contributed by atoms with E-state index in [1.54, 1.807) is 60.8 Å². The minimum Gasteiger partial charge on any atom is -0.469 e. The number of carbonyl (C=O) groups is 4. The fourth-order valence-electron chi connectivity index (χ4n) is 4.65. The minimum absolute atomic E-state index is 0.0256. The number of imide groups is 1. The average molecular weight is 615 g/mol. The highest BCUT2D eigenvalue weighted by molar-refractivity contribution is 6.07. The van der Waals surface area contributed by atoms with Gasteiger partial charge in [0.15, 0.2) is 0 Å². The maximum Gasteiger partial charge on any atom is 0.414 e. The average Bonchev–Trinajstić information content (AvgIpc) is 3.38. The lowest BCUT2D eigenvalue weighted by molar-refractivity contribution is -0.140. The summed E-state index contributed by atoms with van der Waals surface area (Å²) in [5.74, 6) is -0.113. The molecule has 0 aliphatic carbocycles. The summed E-state index contributed by atoms with van der Waals surface area (Å²) >= 11 is 0. The molecule has 2 heterocycles. The Bertz CT molecular complexity index is 1620. The summed E-state index contributed by atoms with van der Waals surface area (Å²) in [6, 6.07) is 17.2. The SMILES string of the molecule is CCCCCCOC(=O)NC(=O)c1ccc(NCc2nc3cc(C(=O)N(CCC(=O)OC)c4ccccn4)ccc3n2C)cc1. The number of fused-ring (bicyclic) bond motifs is 1. The molecule has 4 rings (SSSR count).